The molecule has 7 nitrogen and oxygen atoms in total. The first-order valence-electron chi connectivity index (χ1n) is 12.5. The van der Waals surface area contributed by atoms with E-state index < -0.39 is 17.7 Å². The van der Waals surface area contributed by atoms with Crippen molar-refractivity contribution in [2.75, 3.05) is 40.4 Å². The van der Waals surface area contributed by atoms with Gasteiger partial charge in [0.25, 0.3) is 11.7 Å². The number of nitrogens with zero attached hydrogens (tertiary/aromatic N) is 2. The van der Waals surface area contributed by atoms with E-state index in [9.17, 15) is 14.7 Å². The Labute approximate surface area is 214 Å². The first-order valence-corrected chi connectivity index (χ1v) is 12.5. The molecule has 3 rings (SSSR count). The molecule has 1 atom stereocenters. The van der Waals surface area contributed by atoms with E-state index in [4.69, 9.17) is 9.47 Å². The fourth-order valence-corrected chi connectivity index (χ4v) is 4.36. The van der Waals surface area contributed by atoms with Crippen molar-refractivity contribution in [2.45, 2.75) is 40.2 Å². The average molecular weight is 495 g/mol. The maximum Gasteiger partial charge on any atom is 0.295 e. The lowest BCUT2D eigenvalue weighted by molar-refractivity contribution is -0.140. The third kappa shape index (κ3) is 6.08. The second-order valence-corrected chi connectivity index (χ2v) is 9.81. The summed E-state index contributed by atoms with van der Waals surface area (Å²) >= 11 is 0. The molecule has 0 bridgehead atoms. The van der Waals surface area contributed by atoms with Gasteiger partial charge in [0.2, 0.25) is 0 Å². The SMILES string of the molecule is CCOc1ccccc1[C@@H]1/C(=C(\O)c2ccc(OCC(C)C)c(C)c2)C(=O)C(=O)N1CCCN(C)C. The van der Waals surface area contributed by atoms with Crippen LogP contribution in [0, 0.1) is 12.8 Å². The van der Waals surface area contributed by atoms with Gasteiger partial charge in [0.15, 0.2) is 0 Å². The first kappa shape index (κ1) is 27.3. The van der Waals surface area contributed by atoms with Crippen LogP contribution < -0.4 is 9.47 Å². The number of amides is 1. The minimum atomic E-state index is -0.743. The van der Waals surface area contributed by atoms with E-state index in [1.165, 1.54) is 0 Å². The molecule has 1 fully saturated rings. The molecule has 2 aromatic carbocycles. The summed E-state index contributed by atoms with van der Waals surface area (Å²) in [5, 5.41) is 11.4. The van der Waals surface area contributed by atoms with Crippen LogP contribution >= 0.6 is 0 Å². The summed E-state index contributed by atoms with van der Waals surface area (Å²) in [5.74, 6) is 0.197. The molecule has 1 amide bonds. The molecule has 1 heterocycles. The van der Waals surface area contributed by atoms with Gasteiger partial charge in [0.05, 0.1) is 24.8 Å². The predicted molar refractivity (Wildman–Crippen MR) is 141 cm³/mol. The van der Waals surface area contributed by atoms with Crippen LogP contribution in [0.1, 0.15) is 49.9 Å². The second kappa shape index (κ2) is 12.1. The van der Waals surface area contributed by atoms with Crippen LogP contribution in [0.4, 0.5) is 0 Å². The largest absolute Gasteiger partial charge is 0.507 e. The number of hydrogen-bond donors (Lipinski definition) is 1. The number of rotatable bonds is 11. The number of ketones is 1. The van der Waals surface area contributed by atoms with E-state index in [0.717, 1.165) is 17.9 Å². The lowest BCUT2D eigenvalue weighted by atomic mass is 9.94. The van der Waals surface area contributed by atoms with Gasteiger partial charge in [0, 0.05) is 17.7 Å². The summed E-state index contributed by atoms with van der Waals surface area (Å²) in [7, 11) is 3.93. The van der Waals surface area contributed by atoms with Gasteiger partial charge >= 0.3 is 0 Å². The Kier molecular flexibility index (Phi) is 9.15. The number of carbonyl (C=O) groups excluding carboxylic acids is 2. The summed E-state index contributed by atoms with van der Waals surface area (Å²) in [5.41, 5.74) is 2.06. The molecule has 1 saturated heterocycles. The van der Waals surface area contributed by atoms with Crippen LogP contribution in [0.5, 0.6) is 11.5 Å². The number of Topliss-reactive ketones (excluding diaryl/α,β-unsaturated/α-hetero) is 1. The Balaban J connectivity index is 2.09. The molecule has 1 N–H and O–H groups in total. The van der Waals surface area contributed by atoms with Crippen LogP contribution in [0.3, 0.4) is 0 Å². The number of hydrogen-bond acceptors (Lipinski definition) is 6. The van der Waals surface area contributed by atoms with E-state index in [-0.39, 0.29) is 11.3 Å². The fourth-order valence-electron chi connectivity index (χ4n) is 4.36. The molecule has 0 aliphatic carbocycles. The molecule has 1 aliphatic rings. The van der Waals surface area contributed by atoms with Gasteiger partial charge in [-0.3, -0.25) is 9.59 Å². The Morgan fingerprint density at radius 1 is 1.08 bits per heavy atom. The number of aryl methyl sites for hydroxylation is 1. The minimum absolute atomic E-state index is 0.0762. The third-order valence-corrected chi connectivity index (χ3v) is 6.08. The number of benzene rings is 2. The molecule has 0 aromatic heterocycles. The highest BCUT2D eigenvalue weighted by Gasteiger charge is 2.46. The molecule has 36 heavy (non-hydrogen) atoms. The lowest BCUT2D eigenvalue weighted by Crippen LogP contribution is -2.32. The smallest absolute Gasteiger partial charge is 0.295 e. The van der Waals surface area contributed by atoms with Crippen LogP contribution in [0.25, 0.3) is 5.76 Å². The van der Waals surface area contributed by atoms with Crippen molar-refractivity contribution >= 4 is 17.4 Å². The number of ether oxygens (including phenoxy) is 2. The Bertz CT molecular complexity index is 1120. The highest BCUT2D eigenvalue weighted by Crippen LogP contribution is 2.43. The zero-order chi connectivity index (χ0) is 26.4. The van der Waals surface area contributed by atoms with Gasteiger partial charge in [-0.1, -0.05) is 32.0 Å². The molecule has 7 heteroatoms. The highest BCUT2D eigenvalue weighted by molar-refractivity contribution is 6.46. The van der Waals surface area contributed by atoms with Crippen molar-refractivity contribution in [3.05, 3.63) is 64.7 Å². The van der Waals surface area contributed by atoms with E-state index in [1.54, 1.807) is 23.1 Å². The van der Waals surface area contributed by atoms with Gasteiger partial charge in [-0.25, -0.2) is 0 Å². The molecular formula is C29H38N2O5. The molecule has 0 radical (unpaired) electrons. The normalized spacial score (nSPS) is 17.3. The van der Waals surface area contributed by atoms with E-state index in [0.29, 0.717) is 49.0 Å². The van der Waals surface area contributed by atoms with Gasteiger partial charge in [-0.05, 0) is 76.7 Å². The number of para-hydroxylation sites is 1. The lowest BCUT2D eigenvalue weighted by Gasteiger charge is -2.27. The number of carbonyl (C=O) groups is 2. The quantitative estimate of drug-likeness (QED) is 0.275. The Morgan fingerprint density at radius 2 is 1.81 bits per heavy atom. The monoisotopic (exact) mass is 494 g/mol. The maximum atomic E-state index is 13.3. The zero-order valence-electron chi connectivity index (χ0n) is 22.2. The summed E-state index contributed by atoms with van der Waals surface area (Å²) in [6.07, 6.45) is 0.689. The molecule has 0 unspecified atom stereocenters. The second-order valence-electron chi connectivity index (χ2n) is 9.81. The van der Waals surface area contributed by atoms with Crippen molar-refractivity contribution in [3.63, 3.8) is 0 Å². The third-order valence-electron chi connectivity index (χ3n) is 6.08. The maximum absolute atomic E-state index is 13.3. The summed E-state index contributed by atoms with van der Waals surface area (Å²) in [6.45, 7) is 10.1. The molecular weight excluding hydrogens is 456 g/mol. The minimum Gasteiger partial charge on any atom is -0.507 e. The van der Waals surface area contributed by atoms with Gasteiger partial charge < -0.3 is 24.4 Å². The molecule has 0 spiro atoms. The summed E-state index contributed by atoms with van der Waals surface area (Å²) < 4.78 is 11.7. The van der Waals surface area contributed by atoms with Crippen molar-refractivity contribution < 1.29 is 24.2 Å². The standard InChI is InChI=1S/C29H38N2O5/c1-7-35-24-12-9-8-11-22(24)26-25(28(33)29(34)31(26)16-10-15-30(5)6)27(32)21-13-14-23(20(4)17-21)36-18-19(2)3/h8-9,11-14,17,19,26,32H,7,10,15-16,18H2,1-6H3/b27-25+/t26-/m1/s1. The van der Waals surface area contributed by atoms with Crippen molar-refractivity contribution in [2.24, 2.45) is 5.92 Å². The van der Waals surface area contributed by atoms with Crippen molar-refractivity contribution in [1.29, 1.82) is 0 Å². The molecule has 0 saturated carbocycles. The topological polar surface area (TPSA) is 79.3 Å². The molecule has 194 valence electrons. The number of aliphatic hydroxyl groups excluding tert-OH is 1. The molecule has 1 aliphatic heterocycles. The van der Waals surface area contributed by atoms with Crippen molar-refractivity contribution in [1.82, 2.24) is 9.80 Å². The van der Waals surface area contributed by atoms with Crippen LogP contribution in [0.2, 0.25) is 0 Å². The van der Waals surface area contributed by atoms with Gasteiger partial charge in [-0.15, -0.1) is 0 Å². The summed E-state index contributed by atoms with van der Waals surface area (Å²) in [6, 6.07) is 11.9. The van der Waals surface area contributed by atoms with Crippen LogP contribution in [0.15, 0.2) is 48.0 Å². The van der Waals surface area contributed by atoms with Gasteiger partial charge in [0.1, 0.15) is 17.3 Å². The van der Waals surface area contributed by atoms with Crippen LogP contribution in [-0.4, -0.2) is 67.0 Å². The zero-order valence-corrected chi connectivity index (χ0v) is 22.2. The number of likely N-dealkylation sites (tertiary alicyclic amines) is 1. The highest BCUT2D eigenvalue weighted by atomic mass is 16.5. The average Bonchev–Trinajstić information content (AvgIpc) is 3.08. The van der Waals surface area contributed by atoms with Crippen LogP contribution in [-0.2, 0) is 9.59 Å². The molecule has 2 aromatic rings. The summed E-state index contributed by atoms with van der Waals surface area (Å²) in [4.78, 5) is 30.1. The Morgan fingerprint density at radius 3 is 2.44 bits per heavy atom. The number of aliphatic hydroxyl groups is 1. The fraction of sp³-hybridized carbons (Fsp3) is 0.448. The first-order chi connectivity index (χ1) is 17.1. The predicted octanol–water partition coefficient (Wildman–Crippen LogP) is 4.80. The van der Waals surface area contributed by atoms with Gasteiger partial charge in [-0.2, -0.15) is 0 Å². The van der Waals surface area contributed by atoms with E-state index >= 15 is 0 Å². The van der Waals surface area contributed by atoms with Crippen molar-refractivity contribution in [3.8, 4) is 11.5 Å². The van der Waals surface area contributed by atoms with E-state index in [2.05, 4.69) is 13.8 Å². The Hall–Kier alpha value is -3.32. The van der Waals surface area contributed by atoms with E-state index in [1.807, 2.05) is 57.1 Å².